The number of carbonyl (C=O) groups excluding carboxylic acids is 3. The number of benzene rings is 2. The lowest BCUT2D eigenvalue weighted by atomic mass is 9.81. The van der Waals surface area contributed by atoms with Gasteiger partial charge in [-0.3, -0.25) is 14.5 Å². The fourth-order valence-electron chi connectivity index (χ4n) is 3.75. The number of hydrogen-bond donors (Lipinski definition) is 0. The second-order valence-electron chi connectivity index (χ2n) is 6.98. The summed E-state index contributed by atoms with van der Waals surface area (Å²) in [6.07, 6.45) is 1.27. The third-order valence-corrected chi connectivity index (χ3v) is 7.96. The van der Waals surface area contributed by atoms with Gasteiger partial charge in [-0.15, -0.1) is 0 Å². The number of imide groups is 1. The molecular weight excluding hydrogens is 490 g/mol. The number of amides is 2. The lowest BCUT2D eigenvalue weighted by Crippen LogP contribution is -2.34. The van der Waals surface area contributed by atoms with Crippen molar-refractivity contribution in [2.75, 3.05) is 4.90 Å². The number of esters is 1. The number of anilines is 1. The van der Waals surface area contributed by atoms with Crippen LogP contribution in [0, 0.1) is 11.8 Å². The molecule has 0 unspecified atom stereocenters. The second kappa shape index (κ2) is 7.79. The lowest BCUT2D eigenvalue weighted by molar-refractivity contribution is -0.122. The predicted octanol–water partition coefficient (Wildman–Crippen LogP) is 4.33. The zero-order valence-corrected chi connectivity index (χ0v) is 17.9. The van der Waals surface area contributed by atoms with E-state index in [4.69, 9.17) is 4.74 Å². The summed E-state index contributed by atoms with van der Waals surface area (Å²) in [5.74, 6) is -1.00. The summed E-state index contributed by atoms with van der Waals surface area (Å²) in [5, 5.41) is 0. The average molecular weight is 507 g/mol. The standard InChI is InChI=1S/C21H17Br2NO4/c22-17-10-15-16(11-18(17)23)20(26)24(19(15)25)13-6-8-14(9-7-13)28-21(27)12-4-2-1-3-5-12/h1-9,15-18H,10-11H2/t15-,16-,17-,18+/m1/s1. The van der Waals surface area contributed by atoms with Crippen molar-refractivity contribution in [2.45, 2.75) is 22.5 Å². The number of alkyl halides is 2. The maximum Gasteiger partial charge on any atom is 0.343 e. The highest BCUT2D eigenvalue weighted by atomic mass is 79.9. The van der Waals surface area contributed by atoms with Gasteiger partial charge in [-0.1, -0.05) is 50.1 Å². The van der Waals surface area contributed by atoms with Crippen LogP contribution >= 0.6 is 31.9 Å². The predicted molar refractivity (Wildman–Crippen MR) is 112 cm³/mol. The molecule has 4 atom stereocenters. The molecule has 0 bridgehead atoms. The molecule has 4 rings (SSSR count). The lowest BCUT2D eigenvalue weighted by Gasteiger charge is -2.29. The fraction of sp³-hybridized carbons (Fsp3) is 0.286. The van der Waals surface area contributed by atoms with Crippen LogP contribution in [0.3, 0.4) is 0 Å². The molecule has 2 amide bonds. The second-order valence-corrected chi connectivity index (χ2v) is 9.33. The van der Waals surface area contributed by atoms with E-state index in [1.807, 2.05) is 6.07 Å². The highest BCUT2D eigenvalue weighted by Gasteiger charge is 2.52. The van der Waals surface area contributed by atoms with Gasteiger partial charge < -0.3 is 4.74 Å². The topological polar surface area (TPSA) is 63.7 Å². The molecule has 2 fully saturated rings. The van der Waals surface area contributed by atoms with Crippen LogP contribution in [-0.2, 0) is 9.59 Å². The highest BCUT2D eigenvalue weighted by molar-refractivity contribution is 9.12. The number of hydrogen-bond acceptors (Lipinski definition) is 4. The van der Waals surface area contributed by atoms with Crippen molar-refractivity contribution in [1.29, 1.82) is 0 Å². The number of carbonyl (C=O) groups is 3. The van der Waals surface area contributed by atoms with Crippen molar-refractivity contribution in [3.8, 4) is 5.75 Å². The first-order chi connectivity index (χ1) is 13.5. The molecule has 0 aromatic heterocycles. The molecule has 1 aliphatic heterocycles. The Hall–Kier alpha value is -1.99. The fourth-order valence-corrected chi connectivity index (χ4v) is 4.99. The molecule has 1 aliphatic carbocycles. The van der Waals surface area contributed by atoms with Crippen LogP contribution in [0.5, 0.6) is 5.75 Å². The third-order valence-electron chi connectivity index (χ3n) is 5.23. The van der Waals surface area contributed by atoms with E-state index in [1.54, 1.807) is 48.5 Å². The highest BCUT2D eigenvalue weighted by Crippen LogP contribution is 2.44. The van der Waals surface area contributed by atoms with Crippen LogP contribution in [0.15, 0.2) is 54.6 Å². The van der Waals surface area contributed by atoms with Crippen LogP contribution in [0.4, 0.5) is 5.69 Å². The zero-order chi connectivity index (χ0) is 19.8. The van der Waals surface area contributed by atoms with Gasteiger partial charge in [-0.25, -0.2) is 4.79 Å². The van der Waals surface area contributed by atoms with Gasteiger partial charge in [0.1, 0.15) is 5.75 Å². The molecule has 0 N–H and O–H groups in total. The van der Waals surface area contributed by atoms with Crippen molar-refractivity contribution >= 4 is 55.3 Å². The molecule has 2 aliphatic rings. The van der Waals surface area contributed by atoms with Gasteiger partial charge in [0, 0.05) is 9.65 Å². The minimum atomic E-state index is -0.459. The van der Waals surface area contributed by atoms with E-state index in [9.17, 15) is 14.4 Å². The van der Waals surface area contributed by atoms with Crippen LogP contribution < -0.4 is 9.64 Å². The summed E-state index contributed by atoms with van der Waals surface area (Å²) in [5.41, 5.74) is 0.954. The van der Waals surface area contributed by atoms with Gasteiger partial charge in [-0.2, -0.15) is 0 Å². The smallest absolute Gasteiger partial charge is 0.343 e. The number of nitrogens with zero attached hydrogens (tertiary/aromatic N) is 1. The molecule has 1 saturated carbocycles. The summed E-state index contributed by atoms with van der Waals surface area (Å²) in [6.45, 7) is 0. The Bertz CT molecular complexity index is 888. The summed E-state index contributed by atoms with van der Waals surface area (Å²) in [4.78, 5) is 39.4. The molecule has 2 aromatic rings. The minimum Gasteiger partial charge on any atom is -0.423 e. The van der Waals surface area contributed by atoms with Crippen LogP contribution in [0.25, 0.3) is 0 Å². The number of halogens is 2. The normalized spacial score (nSPS) is 26.9. The summed E-state index contributed by atoms with van der Waals surface area (Å²) in [7, 11) is 0. The Morgan fingerprint density at radius 3 is 1.93 bits per heavy atom. The van der Waals surface area contributed by atoms with Crippen LogP contribution in [-0.4, -0.2) is 27.4 Å². The van der Waals surface area contributed by atoms with Gasteiger partial charge in [0.05, 0.1) is 23.1 Å². The average Bonchev–Trinajstić information content (AvgIpc) is 2.94. The maximum atomic E-state index is 12.8. The number of fused-ring (bicyclic) bond motifs is 1. The van der Waals surface area contributed by atoms with Crippen molar-refractivity contribution in [3.05, 3.63) is 60.2 Å². The number of rotatable bonds is 3. The Balaban J connectivity index is 1.50. The monoisotopic (exact) mass is 505 g/mol. The van der Waals surface area contributed by atoms with E-state index < -0.39 is 5.97 Å². The Labute approximate surface area is 179 Å². The minimum absolute atomic E-state index is 0.159. The van der Waals surface area contributed by atoms with Gasteiger partial charge in [0.15, 0.2) is 0 Å². The SMILES string of the molecule is O=C(Oc1ccc(N2C(=O)[C@@H]3C[C@@H](Br)[C@@H](Br)C[C@H]3C2=O)cc1)c1ccccc1. The maximum absolute atomic E-state index is 12.8. The van der Waals surface area contributed by atoms with E-state index >= 15 is 0 Å². The molecule has 2 aromatic carbocycles. The Kier molecular flexibility index (Phi) is 5.38. The van der Waals surface area contributed by atoms with E-state index in [0.717, 1.165) is 0 Å². The molecule has 1 saturated heterocycles. The summed E-state index contributed by atoms with van der Waals surface area (Å²) < 4.78 is 5.35. The molecule has 7 heteroatoms. The molecule has 0 spiro atoms. The van der Waals surface area contributed by atoms with E-state index in [0.29, 0.717) is 29.8 Å². The van der Waals surface area contributed by atoms with Crippen molar-refractivity contribution < 1.29 is 19.1 Å². The van der Waals surface area contributed by atoms with Gasteiger partial charge in [-0.05, 0) is 49.2 Å². The molecular formula is C21H17Br2NO4. The van der Waals surface area contributed by atoms with Gasteiger partial charge in [0.25, 0.3) is 0 Å². The summed E-state index contributed by atoms with van der Waals surface area (Å²) in [6, 6.07) is 15.2. The molecule has 1 heterocycles. The van der Waals surface area contributed by atoms with E-state index in [-0.39, 0.29) is 33.3 Å². The Morgan fingerprint density at radius 1 is 0.857 bits per heavy atom. The van der Waals surface area contributed by atoms with Crippen molar-refractivity contribution in [2.24, 2.45) is 11.8 Å². The first-order valence-corrected chi connectivity index (χ1v) is 10.8. The molecule has 0 radical (unpaired) electrons. The first-order valence-electron chi connectivity index (χ1n) is 8.99. The molecule has 5 nitrogen and oxygen atoms in total. The quantitative estimate of drug-likeness (QED) is 0.269. The first kappa shape index (κ1) is 19.3. The summed E-state index contributed by atoms with van der Waals surface area (Å²) >= 11 is 7.18. The molecule has 28 heavy (non-hydrogen) atoms. The van der Waals surface area contributed by atoms with Gasteiger partial charge >= 0.3 is 5.97 Å². The molecule has 144 valence electrons. The van der Waals surface area contributed by atoms with Crippen LogP contribution in [0.1, 0.15) is 23.2 Å². The Morgan fingerprint density at radius 2 is 1.39 bits per heavy atom. The van der Waals surface area contributed by atoms with Crippen LogP contribution in [0.2, 0.25) is 0 Å². The largest absolute Gasteiger partial charge is 0.423 e. The third kappa shape index (κ3) is 3.53. The number of ether oxygens (including phenoxy) is 1. The van der Waals surface area contributed by atoms with Gasteiger partial charge in [0.2, 0.25) is 11.8 Å². The van der Waals surface area contributed by atoms with Crippen molar-refractivity contribution in [3.63, 3.8) is 0 Å². The van der Waals surface area contributed by atoms with Crippen molar-refractivity contribution in [1.82, 2.24) is 0 Å². The van der Waals surface area contributed by atoms with E-state index in [1.165, 1.54) is 4.90 Å². The zero-order valence-electron chi connectivity index (χ0n) is 14.8. The van der Waals surface area contributed by atoms with E-state index in [2.05, 4.69) is 31.9 Å².